The van der Waals surface area contributed by atoms with E-state index in [2.05, 4.69) is 23.4 Å². The van der Waals surface area contributed by atoms with Crippen LogP contribution in [-0.4, -0.2) is 0 Å². The van der Waals surface area contributed by atoms with Crippen LogP contribution in [0, 0.1) is 0 Å². The fourth-order valence-corrected chi connectivity index (χ4v) is 0.177. The quantitative estimate of drug-likeness (QED) is 0.406. The molecule has 0 aliphatic rings. The SMILES string of the molecule is C=C(C)N=NC(=C)Cl. The van der Waals surface area contributed by atoms with Crippen molar-refractivity contribution < 1.29 is 0 Å². The number of hydrogen-bond donors (Lipinski definition) is 0. The Bertz CT molecular complexity index is 121. The average Bonchev–Trinajstić information content (AvgIpc) is 1.61. The van der Waals surface area contributed by atoms with Gasteiger partial charge < -0.3 is 0 Å². The highest BCUT2D eigenvalue weighted by molar-refractivity contribution is 6.28. The number of allylic oxidation sites excluding steroid dienone is 1. The molecule has 0 aliphatic heterocycles. The molecular weight excluding hydrogens is 124 g/mol. The van der Waals surface area contributed by atoms with Crippen molar-refractivity contribution in [2.24, 2.45) is 10.2 Å². The van der Waals surface area contributed by atoms with Gasteiger partial charge in [-0.2, -0.15) is 5.11 Å². The Morgan fingerprint density at radius 2 is 1.88 bits per heavy atom. The van der Waals surface area contributed by atoms with Gasteiger partial charge in [0.25, 0.3) is 0 Å². The molecule has 0 unspecified atom stereocenters. The predicted octanol–water partition coefficient (Wildman–Crippen LogP) is 2.68. The molecule has 0 aromatic heterocycles. The van der Waals surface area contributed by atoms with E-state index in [1.54, 1.807) is 6.92 Å². The molecule has 3 heteroatoms. The van der Waals surface area contributed by atoms with E-state index < -0.39 is 0 Å². The van der Waals surface area contributed by atoms with E-state index >= 15 is 0 Å². The lowest BCUT2D eigenvalue weighted by Crippen LogP contribution is -1.59. The number of rotatable bonds is 2. The van der Waals surface area contributed by atoms with Crippen molar-refractivity contribution in [2.75, 3.05) is 0 Å². The minimum Gasteiger partial charge on any atom is -0.155 e. The maximum atomic E-state index is 5.23. The summed E-state index contributed by atoms with van der Waals surface area (Å²) in [7, 11) is 0. The summed E-state index contributed by atoms with van der Waals surface area (Å²) < 4.78 is 0. The molecule has 0 atom stereocenters. The largest absolute Gasteiger partial charge is 0.155 e. The standard InChI is InChI=1S/C5H7ClN2/c1-4(2)7-8-5(3)6/h1,3H2,2H3. The monoisotopic (exact) mass is 130 g/mol. The number of hydrogen-bond acceptors (Lipinski definition) is 2. The summed E-state index contributed by atoms with van der Waals surface area (Å²) in [5.74, 6) is 0. The van der Waals surface area contributed by atoms with Crippen LogP contribution in [0.3, 0.4) is 0 Å². The van der Waals surface area contributed by atoms with Crippen LogP contribution >= 0.6 is 11.6 Å². The summed E-state index contributed by atoms with van der Waals surface area (Å²) in [6, 6.07) is 0. The molecule has 0 fully saturated rings. The third kappa shape index (κ3) is 5.37. The van der Waals surface area contributed by atoms with Gasteiger partial charge in [-0.1, -0.05) is 24.8 Å². The van der Waals surface area contributed by atoms with Crippen molar-refractivity contribution >= 4 is 11.6 Å². The lowest BCUT2D eigenvalue weighted by molar-refractivity contribution is 1.12. The molecule has 0 N–H and O–H groups in total. The third-order valence-electron chi connectivity index (χ3n) is 0.329. The first kappa shape index (κ1) is 7.37. The fraction of sp³-hybridized carbons (Fsp3) is 0.200. The van der Waals surface area contributed by atoms with Crippen LogP contribution in [0.15, 0.2) is 34.2 Å². The molecular formula is C5H7ClN2. The summed E-state index contributed by atoms with van der Waals surface area (Å²) in [6.07, 6.45) is 0. The maximum absolute atomic E-state index is 5.23. The highest BCUT2D eigenvalue weighted by Gasteiger charge is 1.77. The number of halogens is 1. The lowest BCUT2D eigenvalue weighted by Gasteiger charge is -1.81. The zero-order valence-corrected chi connectivity index (χ0v) is 5.44. The summed E-state index contributed by atoms with van der Waals surface area (Å²) in [5, 5.41) is 7.12. The second-order valence-electron chi connectivity index (χ2n) is 1.31. The van der Waals surface area contributed by atoms with Gasteiger partial charge in [0.2, 0.25) is 0 Å². The lowest BCUT2D eigenvalue weighted by atomic mass is 10.6. The molecule has 0 rings (SSSR count). The van der Waals surface area contributed by atoms with Gasteiger partial charge >= 0.3 is 0 Å². The second-order valence-corrected chi connectivity index (χ2v) is 1.75. The first-order valence-corrected chi connectivity index (χ1v) is 2.42. The molecule has 0 spiro atoms. The molecule has 44 valence electrons. The van der Waals surface area contributed by atoms with Crippen LogP contribution in [0.25, 0.3) is 0 Å². The molecule has 0 heterocycles. The molecule has 0 saturated heterocycles. The van der Waals surface area contributed by atoms with Gasteiger partial charge in [-0.15, -0.1) is 5.11 Å². The Balaban J connectivity index is 3.67. The highest BCUT2D eigenvalue weighted by atomic mass is 35.5. The van der Waals surface area contributed by atoms with Crippen molar-refractivity contribution in [2.45, 2.75) is 6.92 Å². The molecule has 0 aromatic rings. The maximum Gasteiger partial charge on any atom is 0.144 e. The Morgan fingerprint density at radius 1 is 1.38 bits per heavy atom. The average molecular weight is 131 g/mol. The van der Waals surface area contributed by atoms with Gasteiger partial charge in [-0.25, -0.2) is 0 Å². The van der Waals surface area contributed by atoms with E-state index in [-0.39, 0.29) is 5.16 Å². The first-order valence-electron chi connectivity index (χ1n) is 2.04. The van der Waals surface area contributed by atoms with Crippen LogP contribution in [0.5, 0.6) is 0 Å². The molecule has 0 radical (unpaired) electrons. The van der Waals surface area contributed by atoms with E-state index in [0.29, 0.717) is 5.70 Å². The van der Waals surface area contributed by atoms with E-state index in [1.807, 2.05) is 0 Å². The Labute approximate surface area is 53.6 Å². The Hall–Kier alpha value is -0.630. The normalized spacial score (nSPS) is 9.75. The molecule has 0 saturated carbocycles. The number of azo groups is 1. The van der Waals surface area contributed by atoms with Gasteiger partial charge in [0.05, 0.1) is 5.70 Å². The minimum absolute atomic E-state index is 0.174. The van der Waals surface area contributed by atoms with Crippen molar-refractivity contribution in [1.29, 1.82) is 0 Å². The van der Waals surface area contributed by atoms with E-state index in [9.17, 15) is 0 Å². The van der Waals surface area contributed by atoms with Gasteiger partial charge in [-0.3, -0.25) is 0 Å². The van der Waals surface area contributed by atoms with Crippen LogP contribution in [0.4, 0.5) is 0 Å². The third-order valence-corrected chi connectivity index (χ3v) is 0.405. The topological polar surface area (TPSA) is 24.7 Å². The molecule has 0 bridgehead atoms. The summed E-state index contributed by atoms with van der Waals surface area (Å²) in [4.78, 5) is 0. The molecule has 0 aromatic carbocycles. The molecule has 0 amide bonds. The summed E-state index contributed by atoms with van der Waals surface area (Å²) >= 11 is 5.23. The number of nitrogens with zero attached hydrogens (tertiary/aromatic N) is 2. The zero-order valence-electron chi connectivity index (χ0n) is 4.69. The van der Waals surface area contributed by atoms with E-state index in [4.69, 9.17) is 11.6 Å². The van der Waals surface area contributed by atoms with E-state index in [0.717, 1.165) is 0 Å². The van der Waals surface area contributed by atoms with Gasteiger partial charge in [-0.05, 0) is 6.92 Å². The molecule has 0 aliphatic carbocycles. The van der Waals surface area contributed by atoms with Gasteiger partial charge in [0, 0.05) is 0 Å². The van der Waals surface area contributed by atoms with Crippen molar-refractivity contribution in [1.82, 2.24) is 0 Å². The van der Waals surface area contributed by atoms with Gasteiger partial charge in [0.15, 0.2) is 0 Å². The molecule has 2 nitrogen and oxygen atoms in total. The fourth-order valence-electron chi connectivity index (χ4n) is 0.140. The molecule has 8 heavy (non-hydrogen) atoms. The summed E-state index contributed by atoms with van der Waals surface area (Å²) in [6.45, 7) is 8.48. The van der Waals surface area contributed by atoms with Crippen LogP contribution in [0.2, 0.25) is 0 Å². The zero-order chi connectivity index (χ0) is 6.57. The minimum atomic E-state index is 0.174. The van der Waals surface area contributed by atoms with Crippen molar-refractivity contribution in [3.63, 3.8) is 0 Å². The predicted molar refractivity (Wildman–Crippen MR) is 34.7 cm³/mol. The van der Waals surface area contributed by atoms with Crippen LogP contribution in [-0.2, 0) is 0 Å². The Morgan fingerprint density at radius 3 is 2.00 bits per heavy atom. The second kappa shape index (κ2) is 3.38. The van der Waals surface area contributed by atoms with Crippen molar-refractivity contribution in [3.05, 3.63) is 24.0 Å². The van der Waals surface area contributed by atoms with Crippen LogP contribution < -0.4 is 0 Å². The Kier molecular flexibility index (Phi) is 3.12. The van der Waals surface area contributed by atoms with Crippen molar-refractivity contribution in [3.8, 4) is 0 Å². The van der Waals surface area contributed by atoms with Crippen LogP contribution in [0.1, 0.15) is 6.92 Å². The first-order chi connectivity index (χ1) is 3.63. The smallest absolute Gasteiger partial charge is 0.144 e. The van der Waals surface area contributed by atoms with Gasteiger partial charge in [0.1, 0.15) is 5.16 Å². The highest BCUT2D eigenvalue weighted by Crippen LogP contribution is 2.00. The van der Waals surface area contributed by atoms with E-state index in [1.165, 1.54) is 0 Å². The summed E-state index contributed by atoms with van der Waals surface area (Å²) in [5.41, 5.74) is 0.617.